The van der Waals surface area contributed by atoms with Crippen molar-refractivity contribution in [3.8, 4) is 5.75 Å². The molecular weight excluding hydrogens is 485 g/mol. The standard InChI is InChI=1S/C22H23Cl2N5O3S/c1-3-32-16-7-5-15(6-8-16)26-20(30)13-33-22-28-27-19(29(22)2)10-11-25-21(31)14-4-9-17(23)18(24)12-14/h4-9,12H,3,10-11,13H2,1-2H3,(H,25,31)(H,26,30). The lowest BCUT2D eigenvalue weighted by Gasteiger charge is -2.08. The van der Waals surface area contributed by atoms with Gasteiger partial charge in [0, 0.05) is 31.3 Å². The molecule has 0 unspecified atom stereocenters. The summed E-state index contributed by atoms with van der Waals surface area (Å²) < 4.78 is 7.20. The van der Waals surface area contributed by atoms with Crippen LogP contribution in [0.3, 0.4) is 0 Å². The minimum Gasteiger partial charge on any atom is -0.494 e. The Kier molecular flexibility index (Phi) is 8.99. The summed E-state index contributed by atoms with van der Waals surface area (Å²) in [7, 11) is 1.82. The fourth-order valence-electron chi connectivity index (χ4n) is 2.84. The van der Waals surface area contributed by atoms with Crippen molar-refractivity contribution >= 4 is 52.5 Å². The first-order valence-electron chi connectivity index (χ1n) is 10.1. The first-order valence-corrected chi connectivity index (χ1v) is 11.9. The molecule has 0 atom stereocenters. The van der Waals surface area contributed by atoms with Crippen molar-refractivity contribution in [2.24, 2.45) is 7.05 Å². The van der Waals surface area contributed by atoms with Gasteiger partial charge in [-0.25, -0.2) is 0 Å². The van der Waals surface area contributed by atoms with E-state index in [-0.39, 0.29) is 17.6 Å². The monoisotopic (exact) mass is 507 g/mol. The highest BCUT2D eigenvalue weighted by atomic mass is 35.5. The van der Waals surface area contributed by atoms with Crippen molar-refractivity contribution in [2.75, 3.05) is 24.2 Å². The summed E-state index contributed by atoms with van der Waals surface area (Å²) in [6, 6.07) is 11.9. The molecule has 2 amide bonds. The quantitative estimate of drug-likeness (QED) is 0.398. The highest BCUT2D eigenvalue weighted by molar-refractivity contribution is 7.99. The minimum absolute atomic E-state index is 0.150. The van der Waals surface area contributed by atoms with Crippen LogP contribution in [0.2, 0.25) is 10.0 Å². The summed E-state index contributed by atoms with van der Waals surface area (Å²) in [6.07, 6.45) is 0.482. The first-order chi connectivity index (χ1) is 15.9. The molecule has 8 nitrogen and oxygen atoms in total. The number of nitrogens with one attached hydrogen (secondary N) is 2. The Bertz CT molecular complexity index is 1120. The zero-order valence-corrected chi connectivity index (χ0v) is 20.4. The van der Waals surface area contributed by atoms with Crippen molar-refractivity contribution in [1.82, 2.24) is 20.1 Å². The van der Waals surface area contributed by atoms with Gasteiger partial charge in [-0.3, -0.25) is 9.59 Å². The van der Waals surface area contributed by atoms with Crippen LogP contribution in [0, 0.1) is 0 Å². The molecule has 0 fully saturated rings. The van der Waals surface area contributed by atoms with Gasteiger partial charge in [0.15, 0.2) is 5.16 Å². The molecule has 0 bridgehead atoms. The summed E-state index contributed by atoms with van der Waals surface area (Å²) in [5, 5.41) is 15.3. The van der Waals surface area contributed by atoms with E-state index in [0.717, 1.165) is 5.75 Å². The molecule has 0 aliphatic rings. The van der Waals surface area contributed by atoms with E-state index in [0.29, 0.717) is 51.8 Å². The highest BCUT2D eigenvalue weighted by Gasteiger charge is 2.13. The number of aromatic nitrogens is 3. The third-order valence-corrected chi connectivity index (χ3v) is 6.28. The van der Waals surface area contributed by atoms with Gasteiger partial charge in [-0.05, 0) is 49.4 Å². The Morgan fingerprint density at radius 1 is 1.09 bits per heavy atom. The summed E-state index contributed by atoms with van der Waals surface area (Å²) >= 11 is 13.1. The minimum atomic E-state index is -0.253. The molecule has 1 heterocycles. The van der Waals surface area contributed by atoms with Gasteiger partial charge in [-0.15, -0.1) is 10.2 Å². The number of halogens is 2. The Morgan fingerprint density at radius 3 is 2.55 bits per heavy atom. The second-order valence-corrected chi connectivity index (χ2v) is 8.64. The maximum atomic E-state index is 12.3. The van der Waals surface area contributed by atoms with E-state index >= 15 is 0 Å². The Labute approximate surface area is 206 Å². The number of anilines is 1. The van der Waals surface area contributed by atoms with Crippen LogP contribution in [-0.2, 0) is 18.3 Å². The van der Waals surface area contributed by atoms with Gasteiger partial charge in [0.05, 0.1) is 22.4 Å². The molecule has 0 aliphatic heterocycles. The lowest BCUT2D eigenvalue weighted by molar-refractivity contribution is -0.113. The zero-order chi connectivity index (χ0) is 23.8. The molecule has 0 saturated carbocycles. The fourth-order valence-corrected chi connectivity index (χ4v) is 3.87. The predicted molar refractivity (Wildman–Crippen MR) is 130 cm³/mol. The summed E-state index contributed by atoms with van der Waals surface area (Å²) in [4.78, 5) is 24.5. The van der Waals surface area contributed by atoms with Crippen LogP contribution in [0.5, 0.6) is 5.75 Å². The number of rotatable bonds is 10. The summed E-state index contributed by atoms with van der Waals surface area (Å²) in [5.74, 6) is 1.23. The summed E-state index contributed by atoms with van der Waals surface area (Å²) in [6.45, 7) is 2.87. The molecule has 11 heteroatoms. The number of carbonyl (C=O) groups excluding carboxylic acids is 2. The van der Waals surface area contributed by atoms with Crippen molar-refractivity contribution in [3.63, 3.8) is 0 Å². The smallest absolute Gasteiger partial charge is 0.251 e. The second-order valence-electron chi connectivity index (χ2n) is 6.89. The number of nitrogens with zero attached hydrogens (tertiary/aromatic N) is 3. The van der Waals surface area contributed by atoms with Crippen LogP contribution in [0.4, 0.5) is 5.69 Å². The molecule has 0 spiro atoms. The van der Waals surface area contributed by atoms with E-state index in [9.17, 15) is 9.59 Å². The molecule has 33 heavy (non-hydrogen) atoms. The third kappa shape index (κ3) is 7.12. The molecule has 3 aromatic rings. The Balaban J connectivity index is 1.45. The summed E-state index contributed by atoms with van der Waals surface area (Å²) in [5.41, 5.74) is 1.12. The highest BCUT2D eigenvalue weighted by Crippen LogP contribution is 2.22. The van der Waals surface area contributed by atoms with Crippen molar-refractivity contribution in [2.45, 2.75) is 18.5 Å². The maximum Gasteiger partial charge on any atom is 0.251 e. The first kappa shape index (κ1) is 24.9. The molecule has 174 valence electrons. The lowest BCUT2D eigenvalue weighted by atomic mass is 10.2. The SMILES string of the molecule is CCOc1ccc(NC(=O)CSc2nnc(CCNC(=O)c3ccc(Cl)c(Cl)c3)n2C)cc1. The number of hydrogen-bond donors (Lipinski definition) is 2. The largest absolute Gasteiger partial charge is 0.494 e. The average molecular weight is 508 g/mol. The predicted octanol–water partition coefficient (Wildman–Crippen LogP) is 4.22. The van der Waals surface area contributed by atoms with E-state index in [1.165, 1.54) is 17.8 Å². The van der Waals surface area contributed by atoms with E-state index in [4.69, 9.17) is 27.9 Å². The topological polar surface area (TPSA) is 98.1 Å². The van der Waals surface area contributed by atoms with Gasteiger partial charge < -0.3 is 19.9 Å². The number of amides is 2. The number of carbonyl (C=O) groups is 2. The Hall–Kier alpha value is -2.75. The van der Waals surface area contributed by atoms with Crippen molar-refractivity contribution in [3.05, 3.63) is 63.9 Å². The molecule has 0 saturated heterocycles. The van der Waals surface area contributed by atoms with Crippen LogP contribution in [-0.4, -0.2) is 45.5 Å². The van der Waals surface area contributed by atoms with Crippen LogP contribution in [0.25, 0.3) is 0 Å². The van der Waals surface area contributed by atoms with Crippen LogP contribution in [0.1, 0.15) is 23.1 Å². The van der Waals surface area contributed by atoms with Crippen LogP contribution < -0.4 is 15.4 Å². The van der Waals surface area contributed by atoms with Crippen molar-refractivity contribution < 1.29 is 14.3 Å². The molecule has 3 rings (SSSR count). The number of thioether (sulfide) groups is 1. The normalized spacial score (nSPS) is 10.7. The van der Waals surface area contributed by atoms with Crippen LogP contribution >= 0.6 is 35.0 Å². The zero-order valence-electron chi connectivity index (χ0n) is 18.1. The van der Waals surface area contributed by atoms with E-state index in [1.54, 1.807) is 28.8 Å². The fraction of sp³-hybridized carbons (Fsp3) is 0.273. The number of ether oxygens (including phenoxy) is 1. The van der Waals surface area contributed by atoms with Gasteiger partial charge in [0.25, 0.3) is 5.91 Å². The second kappa shape index (κ2) is 11.9. The van der Waals surface area contributed by atoms with Gasteiger partial charge in [0.2, 0.25) is 5.91 Å². The van der Waals surface area contributed by atoms with Crippen molar-refractivity contribution in [1.29, 1.82) is 0 Å². The number of hydrogen-bond acceptors (Lipinski definition) is 6. The van der Waals surface area contributed by atoms with Gasteiger partial charge in [-0.2, -0.15) is 0 Å². The molecule has 2 N–H and O–H groups in total. The van der Waals surface area contributed by atoms with Crippen LogP contribution in [0.15, 0.2) is 47.6 Å². The Morgan fingerprint density at radius 2 is 1.85 bits per heavy atom. The maximum absolute atomic E-state index is 12.3. The molecular formula is C22H23Cl2N5O3S. The van der Waals surface area contributed by atoms with Gasteiger partial charge in [-0.1, -0.05) is 35.0 Å². The van der Waals surface area contributed by atoms with E-state index in [2.05, 4.69) is 20.8 Å². The number of benzene rings is 2. The molecule has 2 aromatic carbocycles. The molecule has 0 radical (unpaired) electrons. The third-order valence-electron chi connectivity index (χ3n) is 4.52. The molecule has 0 aliphatic carbocycles. The lowest BCUT2D eigenvalue weighted by Crippen LogP contribution is -2.26. The van der Waals surface area contributed by atoms with Gasteiger partial charge in [0.1, 0.15) is 11.6 Å². The van der Waals surface area contributed by atoms with E-state index in [1.807, 2.05) is 26.1 Å². The van der Waals surface area contributed by atoms with Gasteiger partial charge >= 0.3 is 0 Å². The average Bonchev–Trinajstić information content (AvgIpc) is 3.15. The van der Waals surface area contributed by atoms with E-state index < -0.39 is 0 Å². The molecule has 1 aromatic heterocycles.